The van der Waals surface area contributed by atoms with Gasteiger partial charge in [0.25, 0.3) is 5.91 Å². The maximum Gasteiger partial charge on any atom is 0.263 e. The largest absolute Gasteiger partial charge is 0.482 e. The molecule has 32 heavy (non-hydrogen) atoms. The number of hydrogen-bond donors (Lipinski definition) is 0. The van der Waals surface area contributed by atoms with E-state index in [0.29, 0.717) is 13.1 Å². The number of fused-ring (bicyclic) bond motifs is 4. The molecule has 3 aliphatic heterocycles. The molecule has 2 aromatic heterocycles. The molecule has 0 saturated carbocycles. The minimum Gasteiger partial charge on any atom is -0.482 e. The van der Waals surface area contributed by atoms with Crippen molar-refractivity contribution >= 4 is 17.2 Å². The first kappa shape index (κ1) is 20.0. The molecule has 1 spiro atoms. The number of piperidine rings is 1. The Morgan fingerprint density at radius 1 is 1.03 bits per heavy atom. The fourth-order valence-corrected chi connectivity index (χ4v) is 6.12. The summed E-state index contributed by atoms with van der Waals surface area (Å²) in [7, 11) is 0. The standard InChI is InChI=1S/C25H28N4O2S/c30-24(22-8-5-17-32-22)28-13-9-25(10-14-28)20-18-26-29(16-15-27-11-3-4-12-27)23(20)19-6-1-2-7-21(19)31-25/h1-2,5-8,17-18H,3-4,9-16H2. The van der Waals surface area contributed by atoms with Crippen LogP contribution in [0.1, 0.15) is 40.9 Å². The van der Waals surface area contributed by atoms with Crippen molar-refractivity contribution < 1.29 is 9.53 Å². The summed E-state index contributed by atoms with van der Waals surface area (Å²) < 4.78 is 8.88. The third-order valence-electron chi connectivity index (χ3n) is 7.19. The van der Waals surface area contributed by atoms with Crippen LogP contribution in [0.2, 0.25) is 0 Å². The quantitative estimate of drug-likeness (QED) is 0.599. The summed E-state index contributed by atoms with van der Waals surface area (Å²) >= 11 is 1.51. The highest BCUT2D eigenvalue weighted by atomic mass is 32.1. The number of amides is 1. The van der Waals surface area contributed by atoms with Crippen LogP contribution in [0.15, 0.2) is 48.0 Å². The summed E-state index contributed by atoms with van der Waals surface area (Å²) in [5, 5.41) is 6.79. The molecule has 0 radical (unpaired) electrons. The molecule has 5 heterocycles. The lowest BCUT2D eigenvalue weighted by molar-refractivity contribution is -0.00161. The highest BCUT2D eigenvalue weighted by Crippen LogP contribution is 2.49. The van der Waals surface area contributed by atoms with Gasteiger partial charge in [-0.3, -0.25) is 9.48 Å². The van der Waals surface area contributed by atoms with Gasteiger partial charge in [0, 0.05) is 43.6 Å². The van der Waals surface area contributed by atoms with Gasteiger partial charge in [-0.05, 0) is 49.5 Å². The Hall–Kier alpha value is -2.64. The average Bonchev–Trinajstić information content (AvgIpc) is 3.60. The van der Waals surface area contributed by atoms with E-state index in [9.17, 15) is 4.79 Å². The molecular weight excluding hydrogens is 420 g/mol. The van der Waals surface area contributed by atoms with Crippen LogP contribution in [-0.4, -0.2) is 58.2 Å². The number of hydrogen-bond acceptors (Lipinski definition) is 5. The second-order valence-electron chi connectivity index (χ2n) is 9.04. The molecule has 1 aromatic carbocycles. The average molecular weight is 449 g/mol. The second-order valence-corrected chi connectivity index (χ2v) is 9.99. The number of benzene rings is 1. The number of thiophene rings is 1. The number of rotatable bonds is 4. The summed E-state index contributed by atoms with van der Waals surface area (Å²) in [5.41, 5.74) is 3.09. The third kappa shape index (κ3) is 3.35. The minimum absolute atomic E-state index is 0.132. The maximum absolute atomic E-state index is 12.9. The Labute approximate surface area is 192 Å². The number of carbonyl (C=O) groups excluding carboxylic acids is 1. The zero-order chi connectivity index (χ0) is 21.5. The maximum atomic E-state index is 12.9. The van der Waals surface area contributed by atoms with E-state index in [1.165, 1.54) is 48.5 Å². The number of nitrogens with zero attached hydrogens (tertiary/aromatic N) is 4. The monoisotopic (exact) mass is 448 g/mol. The van der Waals surface area contributed by atoms with Crippen molar-refractivity contribution in [3.05, 3.63) is 58.4 Å². The molecule has 6 nitrogen and oxygen atoms in total. The molecule has 2 saturated heterocycles. The highest BCUT2D eigenvalue weighted by Gasteiger charge is 2.46. The highest BCUT2D eigenvalue weighted by molar-refractivity contribution is 7.12. The Morgan fingerprint density at radius 3 is 2.62 bits per heavy atom. The third-order valence-corrected chi connectivity index (χ3v) is 8.05. The number of likely N-dealkylation sites (tertiary alicyclic amines) is 2. The first-order chi connectivity index (χ1) is 15.7. The van der Waals surface area contributed by atoms with Crippen LogP contribution in [-0.2, 0) is 12.1 Å². The van der Waals surface area contributed by atoms with Crippen LogP contribution in [0.4, 0.5) is 0 Å². The molecule has 3 aliphatic rings. The Balaban J connectivity index is 1.29. The summed E-state index contributed by atoms with van der Waals surface area (Å²) in [6.07, 6.45) is 6.19. The topological polar surface area (TPSA) is 50.6 Å². The Bertz CT molecular complexity index is 1110. The van der Waals surface area contributed by atoms with Crippen LogP contribution in [0.3, 0.4) is 0 Å². The lowest BCUT2D eigenvalue weighted by Crippen LogP contribution is -2.48. The van der Waals surface area contributed by atoms with Gasteiger partial charge in [-0.2, -0.15) is 5.10 Å². The predicted octanol–water partition coefficient (Wildman–Crippen LogP) is 4.23. The van der Waals surface area contributed by atoms with Gasteiger partial charge in [-0.1, -0.05) is 18.2 Å². The van der Waals surface area contributed by atoms with Crippen molar-refractivity contribution in [2.75, 3.05) is 32.7 Å². The van der Waals surface area contributed by atoms with Gasteiger partial charge in [0.1, 0.15) is 11.4 Å². The Morgan fingerprint density at radius 2 is 1.84 bits per heavy atom. The van der Waals surface area contributed by atoms with Crippen molar-refractivity contribution in [1.82, 2.24) is 19.6 Å². The molecule has 7 heteroatoms. The molecule has 166 valence electrons. The first-order valence-corrected chi connectivity index (χ1v) is 12.5. The summed E-state index contributed by atoms with van der Waals surface area (Å²) in [6.45, 7) is 5.70. The van der Waals surface area contributed by atoms with Gasteiger partial charge in [0.15, 0.2) is 0 Å². The number of ether oxygens (including phenoxy) is 1. The van der Waals surface area contributed by atoms with Crippen molar-refractivity contribution in [3.63, 3.8) is 0 Å². The molecule has 0 aliphatic carbocycles. The molecule has 0 N–H and O–H groups in total. The van der Waals surface area contributed by atoms with E-state index in [1.807, 2.05) is 34.7 Å². The molecule has 2 fully saturated rings. The van der Waals surface area contributed by atoms with E-state index < -0.39 is 5.60 Å². The van der Waals surface area contributed by atoms with Crippen molar-refractivity contribution in [2.24, 2.45) is 0 Å². The van der Waals surface area contributed by atoms with Crippen molar-refractivity contribution in [3.8, 4) is 17.0 Å². The number of para-hydroxylation sites is 1. The smallest absolute Gasteiger partial charge is 0.263 e. The van der Waals surface area contributed by atoms with Crippen molar-refractivity contribution in [2.45, 2.75) is 37.8 Å². The summed E-state index contributed by atoms with van der Waals surface area (Å²) in [4.78, 5) is 18.2. The molecule has 0 unspecified atom stereocenters. The van der Waals surface area contributed by atoms with Gasteiger partial charge < -0.3 is 14.5 Å². The van der Waals surface area contributed by atoms with E-state index in [4.69, 9.17) is 9.84 Å². The molecule has 0 atom stereocenters. The van der Waals surface area contributed by atoms with Crippen molar-refractivity contribution in [1.29, 1.82) is 0 Å². The SMILES string of the molecule is O=C(c1cccs1)N1CCC2(CC1)Oc1ccccc1-c1c2cnn1CCN1CCCC1. The predicted molar refractivity (Wildman–Crippen MR) is 125 cm³/mol. The normalized spacial score (nSPS) is 19.6. The number of carbonyl (C=O) groups is 1. The van der Waals surface area contributed by atoms with E-state index >= 15 is 0 Å². The van der Waals surface area contributed by atoms with E-state index in [2.05, 4.69) is 27.8 Å². The van der Waals surface area contributed by atoms with Crippen LogP contribution >= 0.6 is 11.3 Å². The summed E-state index contributed by atoms with van der Waals surface area (Å²) in [6, 6.07) is 12.2. The van der Waals surface area contributed by atoms with Crippen LogP contribution in [0.25, 0.3) is 11.3 Å². The number of aromatic nitrogens is 2. The fraction of sp³-hybridized carbons (Fsp3) is 0.440. The van der Waals surface area contributed by atoms with Gasteiger partial charge in [-0.25, -0.2) is 0 Å². The summed E-state index contributed by atoms with van der Waals surface area (Å²) in [5.74, 6) is 1.06. The van der Waals surface area contributed by atoms with E-state index in [1.54, 1.807) is 0 Å². The van der Waals surface area contributed by atoms with Crippen LogP contribution < -0.4 is 4.74 Å². The van der Waals surface area contributed by atoms with Crippen LogP contribution in [0, 0.1) is 0 Å². The molecule has 6 rings (SSSR count). The zero-order valence-corrected chi connectivity index (χ0v) is 19.0. The second kappa shape index (κ2) is 8.05. The fourth-order valence-electron chi connectivity index (χ4n) is 5.43. The van der Waals surface area contributed by atoms with Gasteiger partial charge >= 0.3 is 0 Å². The van der Waals surface area contributed by atoms with E-state index in [0.717, 1.165) is 42.1 Å². The van der Waals surface area contributed by atoms with E-state index in [-0.39, 0.29) is 5.91 Å². The molecule has 3 aromatic rings. The lowest BCUT2D eigenvalue weighted by Gasteiger charge is -2.44. The lowest BCUT2D eigenvalue weighted by atomic mass is 9.81. The van der Waals surface area contributed by atoms with Crippen LogP contribution in [0.5, 0.6) is 5.75 Å². The van der Waals surface area contributed by atoms with Gasteiger partial charge in [0.05, 0.1) is 23.3 Å². The Kier molecular flexibility index (Phi) is 5.03. The molecular formula is C25H28N4O2S. The first-order valence-electron chi connectivity index (χ1n) is 11.6. The van der Waals surface area contributed by atoms with Gasteiger partial charge in [0.2, 0.25) is 0 Å². The zero-order valence-electron chi connectivity index (χ0n) is 18.2. The van der Waals surface area contributed by atoms with Gasteiger partial charge in [-0.15, -0.1) is 11.3 Å². The minimum atomic E-state index is -0.415. The molecule has 0 bridgehead atoms. The molecule has 1 amide bonds.